The molecule has 0 aliphatic carbocycles. The number of ether oxygens (including phenoxy) is 2. The van der Waals surface area contributed by atoms with E-state index in [-0.39, 0.29) is 24.0 Å². The molecule has 156 valence electrons. The topological polar surface area (TPSA) is 58.1 Å². The second-order valence-electron chi connectivity index (χ2n) is 6.70. The highest BCUT2D eigenvalue weighted by Crippen LogP contribution is 2.27. The monoisotopic (exact) mass is 492 g/mol. The standard InChI is InChI=1S/C20H36N4O2.HI/c1-8-26-18-10-9-17(13-19(18)25-7)14-23-20(21-6)22-11-12-24(15(2)3)16(4)5;/h9-10,13,15-16H,8,11-12,14H2,1-7H3,(H2,21,22,23);1H. The highest BCUT2D eigenvalue weighted by atomic mass is 127. The second-order valence-corrected chi connectivity index (χ2v) is 6.70. The van der Waals surface area contributed by atoms with Gasteiger partial charge in [0.15, 0.2) is 17.5 Å². The molecule has 0 unspecified atom stereocenters. The summed E-state index contributed by atoms with van der Waals surface area (Å²) in [7, 11) is 3.45. The van der Waals surface area contributed by atoms with Crippen LogP contribution in [0.5, 0.6) is 11.5 Å². The van der Waals surface area contributed by atoms with E-state index in [0.29, 0.717) is 25.2 Å². The molecule has 0 saturated heterocycles. The number of hydrogen-bond acceptors (Lipinski definition) is 4. The summed E-state index contributed by atoms with van der Waals surface area (Å²) in [4.78, 5) is 6.76. The van der Waals surface area contributed by atoms with Crippen LogP contribution in [0.3, 0.4) is 0 Å². The van der Waals surface area contributed by atoms with Crippen molar-refractivity contribution in [2.45, 2.75) is 53.2 Å². The Morgan fingerprint density at radius 2 is 1.78 bits per heavy atom. The molecule has 0 amide bonds. The van der Waals surface area contributed by atoms with Gasteiger partial charge in [-0.25, -0.2) is 0 Å². The number of methoxy groups -OCH3 is 1. The van der Waals surface area contributed by atoms with Crippen molar-refractivity contribution in [1.29, 1.82) is 0 Å². The maximum atomic E-state index is 5.56. The average molecular weight is 492 g/mol. The molecule has 1 rings (SSSR count). The summed E-state index contributed by atoms with van der Waals surface area (Å²) < 4.78 is 11.0. The minimum atomic E-state index is 0. The summed E-state index contributed by atoms with van der Waals surface area (Å²) >= 11 is 0. The van der Waals surface area contributed by atoms with E-state index in [1.54, 1.807) is 14.2 Å². The van der Waals surface area contributed by atoms with Gasteiger partial charge in [0.2, 0.25) is 0 Å². The van der Waals surface area contributed by atoms with Gasteiger partial charge in [0.1, 0.15) is 0 Å². The molecule has 0 saturated carbocycles. The first-order chi connectivity index (χ1) is 12.4. The van der Waals surface area contributed by atoms with Crippen LogP contribution in [0.2, 0.25) is 0 Å². The Hall–Kier alpha value is -1.22. The van der Waals surface area contributed by atoms with E-state index >= 15 is 0 Å². The van der Waals surface area contributed by atoms with Crippen molar-refractivity contribution in [2.24, 2.45) is 4.99 Å². The van der Waals surface area contributed by atoms with E-state index in [2.05, 4.69) is 48.2 Å². The predicted octanol–water partition coefficient (Wildman–Crippen LogP) is 3.50. The molecule has 0 heterocycles. The van der Waals surface area contributed by atoms with Gasteiger partial charge in [-0.05, 0) is 52.3 Å². The van der Waals surface area contributed by atoms with Gasteiger partial charge in [-0.15, -0.1) is 24.0 Å². The first-order valence-corrected chi connectivity index (χ1v) is 9.42. The largest absolute Gasteiger partial charge is 0.493 e. The fourth-order valence-corrected chi connectivity index (χ4v) is 2.92. The molecule has 0 aliphatic heterocycles. The zero-order chi connectivity index (χ0) is 19.5. The molecule has 0 radical (unpaired) electrons. The Labute approximate surface area is 182 Å². The van der Waals surface area contributed by atoms with Crippen LogP contribution in [0.15, 0.2) is 23.2 Å². The van der Waals surface area contributed by atoms with E-state index in [1.165, 1.54) is 0 Å². The Morgan fingerprint density at radius 3 is 2.30 bits per heavy atom. The molecule has 1 aromatic carbocycles. The molecule has 2 N–H and O–H groups in total. The smallest absolute Gasteiger partial charge is 0.191 e. The zero-order valence-corrected chi connectivity index (χ0v) is 20.2. The van der Waals surface area contributed by atoms with Gasteiger partial charge in [0.05, 0.1) is 13.7 Å². The quantitative estimate of drug-likeness (QED) is 0.298. The van der Waals surface area contributed by atoms with Crippen molar-refractivity contribution in [3.63, 3.8) is 0 Å². The Kier molecular flexibility index (Phi) is 13.2. The number of nitrogens with zero attached hydrogens (tertiary/aromatic N) is 2. The molecule has 0 aliphatic rings. The minimum Gasteiger partial charge on any atom is -0.493 e. The highest BCUT2D eigenvalue weighted by Gasteiger charge is 2.12. The van der Waals surface area contributed by atoms with Crippen molar-refractivity contribution in [1.82, 2.24) is 15.5 Å². The third kappa shape index (κ3) is 9.01. The van der Waals surface area contributed by atoms with Gasteiger partial charge in [-0.1, -0.05) is 6.07 Å². The van der Waals surface area contributed by atoms with Crippen LogP contribution in [0.4, 0.5) is 0 Å². The molecule has 6 nitrogen and oxygen atoms in total. The van der Waals surface area contributed by atoms with Crippen molar-refractivity contribution in [3.05, 3.63) is 23.8 Å². The molecule has 27 heavy (non-hydrogen) atoms. The number of benzene rings is 1. The summed E-state index contributed by atoms with van der Waals surface area (Å²) in [5, 5.41) is 6.73. The van der Waals surface area contributed by atoms with E-state index in [9.17, 15) is 0 Å². The molecule has 7 heteroatoms. The molecular formula is C20H37IN4O2. The van der Waals surface area contributed by atoms with Crippen LogP contribution in [-0.4, -0.2) is 56.8 Å². The second kappa shape index (κ2) is 13.9. The fraction of sp³-hybridized carbons (Fsp3) is 0.650. The number of aliphatic imine (C=N–C) groups is 1. The minimum absolute atomic E-state index is 0. The first-order valence-electron chi connectivity index (χ1n) is 9.42. The maximum absolute atomic E-state index is 5.56. The summed E-state index contributed by atoms with van der Waals surface area (Å²) in [6, 6.07) is 7.03. The number of halogens is 1. The van der Waals surface area contributed by atoms with Gasteiger partial charge in [-0.2, -0.15) is 0 Å². The SMILES string of the molecule is CCOc1ccc(CNC(=NC)NCCN(C(C)C)C(C)C)cc1OC.I. The van der Waals surface area contributed by atoms with Crippen LogP contribution in [0.1, 0.15) is 40.2 Å². The lowest BCUT2D eigenvalue weighted by Gasteiger charge is -2.30. The summed E-state index contributed by atoms with van der Waals surface area (Å²) in [5.74, 6) is 2.31. The molecular weight excluding hydrogens is 455 g/mol. The normalized spacial score (nSPS) is 11.6. The zero-order valence-electron chi connectivity index (χ0n) is 17.8. The molecule has 0 atom stereocenters. The summed E-state index contributed by atoms with van der Waals surface area (Å²) in [6.07, 6.45) is 0. The van der Waals surface area contributed by atoms with Gasteiger partial charge in [0, 0.05) is 38.8 Å². The van der Waals surface area contributed by atoms with E-state index in [1.807, 2.05) is 25.1 Å². The van der Waals surface area contributed by atoms with E-state index in [4.69, 9.17) is 9.47 Å². The lowest BCUT2D eigenvalue weighted by atomic mass is 10.2. The van der Waals surface area contributed by atoms with E-state index in [0.717, 1.165) is 36.1 Å². The van der Waals surface area contributed by atoms with Crippen LogP contribution < -0.4 is 20.1 Å². The number of nitrogens with one attached hydrogen (secondary N) is 2. The molecule has 0 bridgehead atoms. The number of guanidine groups is 1. The van der Waals surface area contributed by atoms with Crippen LogP contribution in [0.25, 0.3) is 0 Å². The lowest BCUT2D eigenvalue weighted by molar-refractivity contribution is 0.178. The molecule has 0 aromatic heterocycles. The highest BCUT2D eigenvalue weighted by molar-refractivity contribution is 14.0. The van der Waals surface area contributed by atoms with Crippen molar-refractivity contribution >= 4 is 29.9 Å². The van der Waals surface area contributed by atoms with Crippen molar-refractivity contribution in [2.75, 3.05) is 33.9 Å². The Balaban J connectivity index is 0.00000676. The summed E-state index contributed by atoms with van der Waals surface area (Å²) in [6.45, 7) is 14.0. The maximum Gasteiger partial charge on any atom is 0.191 e. The number of hydrogen-bond donors (Lipinski definition) is 2. The van der Waals surface area contributed by atoms with Crippen molar-refractivity contribution < 1.29 is 9.47 Å². The summed E-state index contributed by atoms with van der Waals surface area (Å²) in [5.41, 5.74) is 1.11. The third-order valence-electron chi connectivity index (χ3n) is 4.20. The van der Waals surface area contributed by atoms with Gasteiger partial charge in [-0.3, -0.25) is 9.89 Å². The third-order valence-corrected chi connectivity index (χ3v) is 4.20. The van der Waals surface area contributed by atoms with Gasteiger partial charge >= 0.3 is 0 Å². The predicted molar refractivity (Wildman–Crippen MR) is 125 cm³/mol. The van der Waals surface area contributed by atoms with Crippen LogP contribution >= 0.6 is 24.0 Å². The average Bonchev–Trinajstić information content (AvgIpc) is 2.61. The van der Waals surface area contributed by atoms with Crippen LogP contribution in [-0.2, 0) is 6.54 Å². The molecule has 1 aromatic rings. The Bertz CT molecular complexity index is 557. The first kappa shape index (κ1) is 25.8. The van der Waals surface area contributed by atoms with Crippen LogP contribution in [0, 0.1) is 0 Å². The molecule has 0 fully saturated rings. The van der Waals surface area contributed by atoms with E-state index < -0.39 is 0 Å². The lowest BCUT2D eigenvalue weighted by Crippen LogP contribution is -2.45. The van der Waals surface area contributed by atoms with Crippen molar-refractivity contribution in [3.8, 4) is 11.5 Å². The van der Waals surface area contributed by atoms with Gasteiger partial charge < -0.3 is 20.1 Å². The van der Waals surface area contributed by atoms with Gasteiger partial charge in [0.25, 0.3) is 0 Å². The molecule has 0 spiro atoms. The number of rotatable bonds is 10. The fourth-order valence-electron chi connectivity index (χ4n) is 2.92. The Morgan fingerprint density at radius 1 is 1.11 bits per heavy atom.